The molecule has 0 bridgehead atoms. The van der Waals surface area contributed by atoms with Crippen LogP contribution in [-0.4, -0.2) is 24.4 Å². The van der Waals surface area contributed by atoms with E-state index < -0.39 is 0 Å². The smallest absolute Gasteiger partial charge is 0.255 e. The maximum Gasteiger partial charge on any atom is 0.255 e. The number of hydrogen-bond donors (Lipinski definition) is 2. The van der Waals surface area contributed by atoms with E-state index in [2.05, 4.69) is 11.5 Å². The maximum absolute atomic E-state index is 12.5. The van der Waals surface area contributed by atoms with Gasteiger partial charge in [-0.3, -0.25) is 10.6 Å². The average Bonchev–Trinajstić information content (AvgIpc) is 2.97. The van der Waals surface area contributed by atoms with Crippen molar-refractivity contribution < 1.29 is 4.79 Å². The summed E-state index contributed by atoms with van der Waals surface area (Å²) in [4.78, 5) is 15.5. The molecule has 0 aliphatic carbocycles. The van der Waals surface area contributed by atoms with E-state index in [9.17, 15) is 4.79 Å². The van der Waals surface area contributed by atoms with Gasteiger partial charge in [-0.05, 0) is 36.9 Å². The molecular weight excluding hydrogens is 270 g/mol. The zero-order valence-electron chi connectivity index (χ0n) is 11.7. The predicted molar refractivity (Wildman–Crippen MR) is 84.0 cm³/mol. The number of nitrogens with two attached hydrogens (primary N) is 1. The van der Waals surface area contributed by atoms with Crippen LogP contribution in [0.2, 0.25) is 0 Å². The van der Waals surface area contributed by atoms with Gasteiger partial charge in [0.15, 0.2) is 0 Å². The van der Waals surface area contributed by atoms with Crippen LogP contribution in [0.5, 0.6) is 0 Å². The van der Waals surface area contributed by atoms with E-state index in [1.165, 1.54) is 4.88 Å². The van der Waals surface area contributed by atoms with Crippen molar-refractivity contribution in [3.05, 3.63) is 51.7 Å². The number of rotatable bonds is 5. The Kier molecular flexibility index (Phi) is 4.76. The van der Waals surface area contributed by atoms with Crippen LogP contribution < -0.4 is 11.3 Å². The molecule has 0 saturated carbocycles. The largest absolute Gasteiger partial charge is 0.341 e. The summed E-state index contributed by atoms with van der Waals surface area (Å²) in [6.07, 6.45) is 0.872. The molecule has 2 aromatic rings. The van der Waals surface area contributed by atoms with Crippen molar-refractivity contribution in [2.75, 3.05) is 19.0 Å². The average molecular weight is 289 g/mol. The van der Waals surface area contributed by atoms with Crippen molar-refractivity contribution in [2.45, 2.75) is 13.3 Å². The fraction of sp³-hybridized carbons (Fsp3) is 0.267. The van der Waals surface area contributed by atoms with Gasteiger partial charge in [0.2, 0.25) is 0 Å². The number of carbonyl (C=O) groups excluding carboxylic acids is 1. The number of thiophene rings is 1. The normalized spacial score (nSPS) is 10.3. The Morgan fingerprint density at radius 3 is 2.85 bits per heavy atom. The summed E-state index contributed by atoms with van der Waals surface area (Å²) in [6, 6.07) is 9.73. The third-order valence-electron chi connectivity index (χ3n) is 3.18. The van der Waals surface area contributed by atoms with Crippen LogP contribution in [0.3, 0.4) is 0 Å². The molecule has 0 fully saturated rings. The number of hydrazine groups is 1. The highest BCUT2D eigenvalue weighted by molar-refractivity contribution is 7.09. The van der Waals surface area contributed by atoms with Crippen LogP contribution in [0.4, 0.5) is 5.69 Å². The number of aryl methyl sites for hydroxylation is 1. The minimum atomic E-state index is -0.0155. The lowest BCUT2D eigenvalue weighted by molar-refractivity contribution is 0.0797. The summed E-state index contributed by atoms with van der Waals surface area (Å²) in [5.74, 6) is 5.46. The van der Waals surface area contributed by atoms with Crippen molar-refractivity contribution in [3.63, 3.8) is 0 Å². The van der Waals surface area contributed by atoms with Crippen LogP contribution in [0.25, 0.3) is 0 Å². The van der Waals surface area contributed by atoms with Gasteiger partial charge in [-0.1, -0.05) is 17.7 Å². The molecular formula is C15H19N3OS. The minimum absolute atomic E-state index is 0.0155. The summed E-state index contributed by atoms with van der Waals surface area (Å²) in [5.41, 5.74) is 4.89. The van der Waals surface area contributed by atoms with Crippen LogP contribution in [0.15, 0.2) is 35.7 Å². The molecule has 0 aliphatic rings. The molecule has 2 rings (SSSR count). The zero-order chi connectivity index (χ0) is 14.5. The molecule has 1 aromatic carbocycles. The maximum atomic E-state index is 12.5. The number of benzene rings is 1. The molecule has 0 atom stereocenters. The second kappa shape index (κ2) is 6.54. The molecule has 0 radical (unpaired) electrons. The van der Waals surface area contributed by atoms with Crippen molar-refractivity contribution in [1.29, 1.82) is 0 Å². The van der Waals surface area contributed by atoms with E-state index in [1.807, 2.05) is 43.6 Å². The van der Waals surface area contributed by atoms with Crippen LogP contribution in [0, 0.1) is 6.92 Å². The third kappa shape index (κ3) is 3.37. The second-order valence-corrected chi connectivity index (χ2v) is 5.78. The Balaban J connectivity index is 2.08. The number of hydrogen-bond acceptors (Lipinski definition) is 4. The van der Waals surface area contributed by atoms with E-state index in [0.717, 1.165) is 12.0 Å². The number of amides is 1. The third-order valence-corrected chi connectivity index (χ3v) is 4.12. The van der Waals surface area contributed by atoms with E-state index >= 15 is 0 Å². The van der Waals surface area contributed by atoms with Crippen molar-refractivity contribution in [3.8, 4) is 0 Å². The van der Waals surface area contributed by atoms with E-state index in [1.54, 1.807) is 16.2 Å². The quantitative estimate of drug-likeness (QED) is 0.657. The first-order valence-electron chi connectivity index (χ1n) is 6.47. The Labute approximate surface area is 123 Å². The van der Waals surface area contributed by atoms with Gasteiger partial charge >= 0.3 is 0 Å². The van der Waals surface area contributed by atoms with E-state index in [0.29, 0.717) is 17.8 Å². The van der Waals surface area contributed by atoms with Crippen molar-refractivity contribution in [2.24, 2.45) is 5.84 Å². The molecule has 1 aromatic heterocycles. The van der Waals surface area contributed by atoms with Crippen molar-refractivity contribution in [1.82, 2.24) is 4.90 Å². The van der Waals surface area contributed by atoms with Gasteiger partial charge in [0.05, 0.1) is 11.3 Å². The summed E-state index contributed by atoms with van der Waals surface area (Å²) < 4.78 is 0. The fourth-order valence-corrected chi connectivity index (χ4v) is 2.70. The van der Waals surface area contributed by atoms with Gasteiger partial charge in [0, 0.05) is 18.5 Å². The van der Waals surface area contributed by atoms with E-state index in [4.69, 9.17) is 5.84 Å². The molecule has 1 amide bonds. The second-order valence-electron chi connectivity index (χ2n) is 4.75. The summed E-state index contributed by atoms with van der Waals surface area (Å²) in [7, 11) is 1.82. The first kappa shape index (κ1) is 14.6. The van der Waals surface area contributed by atoms with Gasteiger partial charge in [0.25, 0.3) is 5.91 Å². The Morgan fingerprint density at radius 1 is 1.40 bits per heavy atom. The summed E-state index contributed by atoms with van der Waals surface area (Å²) in [5, 5.41) is 2.05. The number of nitrogens with one attached hydrogen (secondary N) is 1. The lowest BCUT2D eigenvalue weighted by atomic mass is 10.1. The standard InChI is InChI=1S/C15H19N3OS/c1-11-5-6-14(17-16)13(10-11)15(19)18(2)8-7-12-4-3-9-20-12/h3-6,9-10,17H,7-8,16H2,1-2H3. The highest BCUT2D eigenvalue weighted by Gasteiger charge is 2.15. The molecule has 4 nitrogen and oxygen atoms in total. The molecule has 0 saturated heterocycles. The van der Waals surface area contributed by atoms with Gasteiger partial charge in [-0.2, -0.15) is 0 Å². The Morgan fingerprint density at radius 2 is 2.20 bits per heavy atom. The SMILES string of the molecule is Cc1ccc(NN)c(C(=O)N(C)CCc2cccs2)c1. The molecule has 3 N–H and O–H groups in total. The predicted octanol–water partition coefficient (Wildman–Crippen LogP) is 2.66. The van der Waals surface area contributed by atoms with E-state index in [-0.39, 0.29) is 5.91 Å². The number of carbonyl (C=O) groups is 1. The van der Waals surface area contributed by atoms with Crippen LogP contribution in [-0.2, 0) is 6.42 Å². The summed E-state index contributed by atoms with van der Waals surface area (Å²) >= 11 is 1.71. The van der Waals surface area contributed by atoms with Gasteiger partial charge in [-0.25, -0.2) is 0 Å². The fourth-order valence-electron chi connectivity index (χ4n) is 2.00. The molecule has 5 heteroatoms. The number of likely N-dealkylation sites (N-methyl/N-ethyl adjacent to an activating group) is 1. The molecule has 0 aliphatic heterocycles. The molecule has 0 unspecified atom stereocenters. The lowest BCUT2D eigenvalue weighted by Crippen LogP contribution is -2.29. The van der Waals surface area contributed by atoms with Gasteiger partial charge < -0.3 is 10.3 Å². The first-order chi connectivity index (χ1) is 9.61. The van der Waals surface area contributed by atoms with Crippen LogP contribution in [0.1, 0.15) is 20.8 Å². The monoisotopic (exact) mass is 289 g/mol. The minimum Gasteiger partial charge on any atom is -0.341 e. The molecule has 0 spiro atoms. The number of anilines is 1. The number of nitrogen functional groups attached to an aromatic ring is 1. The van der Waals surface area contributed by atoms with Crippen LogP contribution >= 0.6 is 11.3 Å². The molecule has 20 heavy (non-hydrogen) atoms. The first-order valence-corrected chi connectivity index (χ1v) is 7.35. The van der Waals surface area contributed by atoms with Gasteiger partial charge in [-0.15, -0.1) is 11.3 Å². The summed E-state index contributed by atoms with van der Waals surface area (Å²) in [6.45, 7) is 2.65. The Hall–Kier alpha value is -1.85. The highest BCUT2D eigenvalue weighted by Crippen LogP contribution is 2.18. The van der Waals surface area contributed by atoms with Crippen molar-refractivity contribution >= 4 is 22.9 Å². The molecule has 106 valence electrons. The molecule has 1 heterocycles. The Bertz CT molecular complexity index is 581. The highest BCUT2D eigenvalue weighted by atomic mass is 32.1. The topological polar surface area (TPSA) is 58.4 Å². The zero-order valence-corrected chi connectivity index (χ0v) is 12.5. The van der Waals surface area contributed by atoms with Gasteiger partial charge in [0.1, 0.15) is 0 Å². The number of nitrogens with zero attached hydrogens (tertiary/aromatic N) is 1. The lowest BCUT2D eigenvalue weighted by Gasteiger charge is -2.19.